The van der Waals surface area contributed by atoms with E-state index >= 15 is 0 Å². The summed E-state index contributed by atoms with van der Waals surface area (Å²) in [6.45, 7) is 0. The number of sulfonamides is 1. The van der Waals surface area contributed by atoms with Crippen LogP contribution in [0.2, 0.25) is 10.0 Å². The summed E-state index contributed by atoms with van der Waals surface area (Å²) < 4.78 is 38.1. The Morgan fingerprint density at radius 2 is 1.69 bits per heavy atom. The van der Waals surface area contributed by atoms with Gasteiger partial charge in [0.2, 0.25) is 0 Å². The van der Waals surface area contributed by atoms with Gasteiger partial charge < -0.3 is 9.47 Å². The molecule has 0 unspecified atom stereocenters. The minimum atomic E-state index is -3.96. The van der Waals surface area contributed by atoms with E-state index < -0.39 is 10.0 Å². The number of methoxy groups -OCH3 is 2. The molecule has 0 radical (unpaired) electrons. The van der Waals surface area contributed by atoms with Gasteiger partial charge in [0, 0.05) is 5.56 Å². The van der Waals surface area contributed by atoms with Crippen LogP contribution in [-0.4, -0.2) is 27.8 Å². The summed E-state index contributed by atoms with van der Waals surface area (Å²) in [5.74, 6) is 0.894. The fourth-order valence-electron chi connectivity index (χ4n) is 1.94. The highest BCUT2D eigenvalue weighted by Crippen LogP contribution is 2.28. The first-order valence-electron chi connectivity index (χ1n) is 7.11. The number of ether oxygens (including phenoxy) is 2. The SMILES string of the molecule is COc1ccc(C(Cl)=NS(=O)(=O)C=Cc2ccc(Cl)c(Cl)c2)cc1OC. The lowest BCUT2D eigenvalue weighted by atomic mass is 10.2. The molecule has 2 aromatic rings. The smallest absolute Gasteiger partial charge is 0.276 e. The molecule has 26 heavy (non-hydrogen) atoms. The molecular formula is C17H14Cl3NO4S. The number of rotatable bonds is 6. The maximum absolute atomic E-state index is 12.1. The molecule has 0 spiro atoms. The minimum Gasteiger partial charge on any atom is -0.493 e. The molecular weight excluding hydrogens is 421 g/mol. The van der Waals surface area contributed by atoms with Crippen molar-refractivity contribution >= 4 is 56.1 Å². The lowest BCUT2D eigenvalue weighted by Gasteiger charge is -2.08. The van der Waals surface area contributed by atoms with Gasteiger partial charge in [0.05, 0.1) is 29.7 Å². The van der Waals surface area contributed by atoms with Crippen molar-refractivity contribution in [2.45, 2.75) is 0 Å². The quantitative estimate of drug-likeness (QED) is 0.600. The lowest BCUT2D eigenvalue weighted by Crippen LogP contribution is -1.99. The van der Waals surface area contributed by atoms with Gasteiger partial charge in [-0.3, -0.25) is 0 Å². The third kappa shape index (κ3) is 5.38. The average Bonchev–Trinajstić information content (AvgIpc) is 2.61. The molecule has 5 nitrogen and oxygen atoms in total. The van der Waals surface area contributed by atoms with E-state index in [1.807, 2.05) is 0 Å². The van der Waals surface area contributed by atoms with Crippen LogP contribution in [-0.2, 0) is 10.0 Å². The summed E-state index contributed by atoms with van der Waals surface area (Å²) in [5, 5.41) is 1.42. The van der Waals surface area contributed by atoms with Crippen LogP contribution in [0.25, 0.3) is 6.08 Å². The zero-order chi connectivity index (χ0) is 19.3. The zero-order valence-corrected chi connectivity index (χ0v) is 16.8. The molecule has 0 amide bonds. The zero-order valence-electron chi connectivity index (χ0n) is 13.7. The van der Waals surface area contributed by atoms with Crippen LogP contribution in [0.1, 0.15) is 11.1 Å². The fraction of sp³-hybridized carbons (Fsp3) is 0.118. The molecule has 0 aliphatic rings. The Balaban J connectivity index is 2.28. The predicted octanol–water partition coefficient (Wildman–Crippen LogP) is 5.00. The molecule has 0 fully saturated rings. The Kier molecular flexibility index (Phi) is 6.94. The Morgan fingerprint density at radius 1 is 1.00 bits per heavy atom. The third-order valence-corrected chi connectivity index (χ3v) is 5.26. The molecule has 2 rings (SSSR count). The van der Waals surface area contributed by atoms with Crippen LogP contribution in [0.4, 0.5) is 0 Å². The molecule has 0 atom stereocenters. The molecule has 0 saturated heterocycles. The average molecular weight is 435 g/mol. The van der Waals surface area contributed by atoms with Crippen LogP contribution >= 0.6 is 34.8 Å². The Morgan fingerprint density at radius 3 is 2.31 bits per heavy atom. The molecule has 0 aliphatic carbocycles. The Labute approximate surface area is 166 Å². The summed E-state index contributed by atoms with van der Waals surface area (Å²) >= 11 is 17.8. The van der Waals surface area contributed by atoms with Crippen molar-refractivity contribution in [3.63, 3.8) is 0 Å². The lowest BCUT2D eigenvalue weighted by molar-refractivity contribution is 0.355. The topological polar surface area (TPSA) is 65.0 Å². The van der Waals surface area contributed by atoms with Gasteiger partial charge in [-0.25, -0.2) is 0 Å². The Bertz CT molecular complexity index is 972. The van der Waals surface area contributed by atoms with Crippen molar-refractivity contribution < 1.29 is 17.9 Å². The van der Waals surface area contributed by atoms with Crippen LogP contribution in [0.5, 0.6) is 11.5 Å². The number of hydrogen-bond donors (Lipinski definition) is 0. The normalized spacial score (nSPS) is 12.4. The number of hydrogen-bond acceptors (Lipinski definition) is 4. The van der Waals surface area contributed by atoms with Crippen LogP contribution in [0.3, 0.4) is 0 Å². The summed E-state index contributed by atoms with van der Waals surface area (Å²) in [5.41, 5.74) is 0.927. The van der Waals surface area contributed by atoms with Gasteiger partial charge in [-0.05, 0) is 42.0 Å². The van der Waals surface area contributed by atoms with E-state index in [9.17, 15) is 8.42 Å². The monoisotopic (exact) mass is 433 g/mol. The molecule has 0 heterocycles. The van der Waals surface area contributed by atoms with E-state index in [1.54, 1.807) is 24.3 Å². The van der Waals surface area contributed by atoms with E-state index in [0.717, 1.165) is 5.41 Å². The molecule has 0 N–H and O–H groups in total. The highest BCUT2D eigenvalue weighted by Gasteiger charge is 2.11. The third-order valence-electron chi connectivity index (χ3n) is 3.21. The minimum absolute atomic E-state index is 0.204. The second-order valence-corrected chi connectivity index (χ2v) is 7.60. The first-order chi connectivity index (χ1) is 12.3. The number of halogens is 3. The van der Waals surface area contributed by atoms with E-state index in [0.29, 0.717) is 32.7 Å². The van der Waals surface area contributed by atoms with Gasteiger partial charge >= 0.3 is 0 Å². The highest BCUT2D eigenvalue weighted by molar-refractivity contribution is 7.93. The van der Waals surface area contributed by atoms with Crippen molar-refractivity contribution in [2.75, 3.05) is 14.2 Å². The van der Waals surface area contributed by atoms with Gasteiger partial charge in [-0.1, -0.05) is 40.9 Å². The molecule has 0 aromatic heterocycles. The van der Waals surface area contributed by atoms with Crippen LogP contribution in [0, 0.1) is 0 Å². The van der Waals surface area contributed by atoms with Crippen molar-refractivity contribution in [1.29, 1.82) is 0 Å². The molecule has 0 saturated carbocycles. The standard InChI is InChI=1S/C17H14Cl3NO4S/c1-24-15-6-4-12(10-16(15)25-2)17(20)21-26(22,23)8-7-11-3-5-13(18)14(19)9-11/h3-10H,1-2H3. The van der Waals surface area contributed by atoms with Crippen molar-refractivity contribution in [2.24, 2.45) is 4.40 Å². The van der Waals surface area contributed by atoms with Gasteiger partial charge in [0.1, 0.15) is 5.17 Å². The highest BCUT2D eigenvalue weighted by atomic mass is 35.5. The Hall–Kier alpha value is -1.73. The number of benzene rings is 2. The first kappa shape index (κ1) is 20.6. The summed E-state index contributed by atoms with van der Waals surface area (Å²) in [6.07, 6.45) is 1.35. The molecule has 0 aliphatic heterocycles. The summed E-state index contributed by atoms with van der Waals surface area (Å²) in [6, 6.07) is 9.43. The first-order valence-corrected chi connectivity index (χ1v) is 9.75. The van der Waals surface area contributed by atoms with Crippen LogP contribution < -0.4 is 9.47 Å². The van der Waals surface area contributed by atoms with Crippen molar-refractivity contribution in [1.82, 2.24) is 0 Å². The largest absolute Gasteiger partial charge is 0.493 e. The van der Waals surface area contributed by atoms with Crippen molar-refractivity contribution in [3.05, 3.63) is 63.0 Å². The van der Waals surface area contributed by atoms with Gasteiger partial charge in [-0.15, -0.1) is 4.40 Å². The van der Waals surface area contributed by atoms with Crippen molar-refractivity contribution in [3.8, 4) is 11.5 Å². The molecule has 138 valence electrons. The predicted molar refractivity (Wildman–Crippen MR) is 106 cm³/mol. The molecule has 9 heteroatoms. The van der Waals surface area contributed by atoms with Crippen LogP contribution in [0.15, 0.2) is 46.2 Å². The van der Waals surface area contributed by atoms with E-state index in [2.05, 4.69) is 4.40 Å². The maximum atomic E-state index is 12.1. The van der Waals surface area contributed by atoms with Gasteiger partial charge in [-0.2, -0.15) is 8.42 Å². The van der Waals surface area contributed by atoms with Gasteiger partial charge in [0.15, 0.2) is 11.5 Å². The second-order valence-electron chi connectivity index (χ2n) is 4.94. The second kappa shape index (κ2) is 8.77. The summed E-state index contributed by atoms with van der Waals surface area (Å²) in [7, 11) is -1.00. The molecule has 0 bridgehead atoms. The van der Waals surface area contributed by atoms with E-state index in [4.69, 9.17) is 44.3 Å². The number of nitrogens with zero attached hydrogens (tertiary/aromatic N) is 1. The van der Waals surface area contributed by atoms with E-state index in [-0.39, 0.29) is 5.17 Å². The maximum Gasteiger partial charge on any atom is 0.276 e. The fourth-order valence-corrected chi connectivity index (χ4v) is 3.37. The van der Waals surface area contributed by atoms with Gasteiger partial charge in [0.25, 0.3) is 10.0 Å². The molecule has 2 aromatic carbocycles. The van der Waals surface area contributed by atoms with E-state index in [1.165, 1.54) is 32.4 Å². The summed E-state index contributed by atoms with van der Waals surface area (Å²) in [4.78, 5) is 0.